The molecule has 1 fully saturated rings. The SMILES string of the molecule is C1=CC[C]([Zr][C]2=CC=CC2)=C1.ClC1CCCCC1. The van der Waals surface area contributed by atoms with E-state index in [1.165, 1.54) is 44.9 Å². The maximum Gasteiger partial charge on any atom is 0.0336 e. The van der Waals surface area contributed by atoms with E-state index in [1.807, 2.05) is 0 Å². The van der Waals surface area contributed by atoms with Gasteiger partial charge in [-0.25, -0.2) is 0 Å². The Hall–Kier alpha value is 0.133. The molecule has 0 aromatic carbocycles. The standard InChI is InChI=1S/C6H11Cl.2C5H5.Zr/c7-6-4-2-1-3-5-6;2*1-2-4-5-3-1;/h6H,1-5H2;2*1-3H,4H2;. The van der Waals surface area contributed by atoms with Crippen LogP contribution < -0.4 is 0 Å². The first kappa shape index (κ1) is 14.5. The van der Waals surface area contributed by atoms with Crippen LogP contribution in [0.2, 0.25) is 0 Å². The van der Waals surface area contributed by atoms with E-state index < -0.39 is 0 Å². The topological polar surface area (TPSA) is 0 Å². The van der Waals surface area contributed by atoms with Crippen molar-refractivity contribution in [1.82, 2.24) is 0 Å². The van der Waals surface area contributed by atoms with Crippen LogP contribution in [0.1, 0.15) is 44.9 Å². The predicted octanol–water partition coefficient (Wildman–Crippen LogP) is 5.31. The van der Waals surface area contributed by atoms with Gasteiger partial charge in [0.15, 0.2) is 0 Å². The third-order valence-corrected chi connectivity index (χ3v) is 7.24. The van der Waals surface area contributed by atoms with E-state index in [9.17, 15) is 0 Å². The molecule has 0 amide bonds. The van der Waals surface area contributed by atoms with Gasteiger partial charge in [-0.2, -0.15) is 0 Å². The summed E-state index contributed by atoms with van der Waals surface area (Å²) < 4.78 is 3.45. The van der Waals surface area contributed by atoms with Crippen molar-refractivity contribution in [3.63, 3.8) is 0 Å². The molecular formula is C16H21ClZr. The molecule has 3 rings (SSSR count). The van der Waals surface area contributed by atoms with Gasteiger partial charge in [-0.1, -0.05) is 19.3 Å². The minimum absolute atomic E-state index is 0.312. The minimum atomic E-state index is -0.312. The first-order valence-electron chi connectivity index (χ1n) is 6.97. The largest absolute Gasteiger partial charge is 0.123 e. The van der Waals surface area contributed by atoms with E-state index in [0.717, 1.165) is 0 Å². The fourth-order valence-electron chi connectivity index (χ4n) is 2.34. The van der Waals surface area contributed by atoms with E-state index in [0.29, 0.717) is 5.38 Å². The molecule has 1 saturated carbocycles. The van der Waals surface area contributed by atoms with Crippen LogP contribution in [0, 0.1) is 0 Å². The molecule has 0 N–H and O–H groups in total. The van der Waals surface area contributed by atoms with Gasteiger partial charge < -0.3 is 0 Å². The number of alkyl halides is 1. The Morgan fingerprint density at radius 2 is 1.44 bits per heavy atom. The van der Waals surface area contributed by atoms with E-state index in [-0.39, 0.29) is 23.2 Å². The zero-order valence-electron chi connectivity index (χ0n) is 10.9. The van der Waals surface area contributed by atoms with Crippen LogP contribution in [0.25, 0.3) is 0 Å². The molecule has 0 aliphatic heterocycles. The second-order valence-electron chi connectivity index (χ2n) is 5.01. The number of rotatable bonds is 2. The van der Waals surface area contributed by atoms with Gasteiger partial charge in [0.2, 0.25) is 0 Å². The summed E-state index contributed by atoms with van der Waals surface area (Å²) in [5, 5.41) is 0.508. The Kier molecular flexibility index (Phi) is 6.73. The van der Waals surface area contributed by atoms with Gasteiger partial charge >= 0.3 is 79.1 Å². The van der Waals surface area contributed by atoms with Gasteiger partial charge in [0, 0.05) is 5.38 Å². The van der Waals surface area contributed by atoms with Crippen molar-refractivity contribution in [3.8, 4) is 0 Å². The van der Waals surface area contributed by atoms with Crippen molar-refractivity contribution < 1.29 is 23.2 Å². The van der Waals surface area contributed by atoms with Gasteiger partial charge in [0.05, 0.1) is 0 Å². The molecule has 0 atom stereocenters. The average molecular weight is 340 g/mol. The van der Waals surface area contributed by atoms with Crippen molar-refractivity contribution in [2.24, 2.45) is 0 Å². The molecule has 96 valence electrons. The second-order valence-corrected chi connectivity index (χ2v) is 9.40. The summed E-state index contributed by atoms with van der Waals surface area (Å²) >= 11 is 5.50. The summed E-state index contributed by atoms with van der Waals surface area (Å²) in [6.07, 6.45) is 22.6. The number of hydrogen-bond acceptors (Lipinski definition) is 0. The molecule has 2 heteroatoms. The number of allylic oxidation sites excluding steroid dienone is 8. The predicted molar refractivity (Wildman–Crippen MR) is 76.4 cm³/mol. The average Bonchev–Trinajstić information content (AvgIpc) is 3.05. The Labute approximate surface area is 127 Å². The van der Waals surface area contributed by atoms with Crippen LogP contribution >= 0.6 is 11.6 Å². The molecule has 3 aliphatic carbocycles. The third kappa shape index (κ3) is 5.41. The molecule has 18 heavy (non-hydrogen) atoms. The first-order valence-corrected chi connectivity index (χ1v) is 9.86. The fraction of sp³-hybridized carbons (Fsp3) is 0.500. The van der Waals surface area contributed by atoms with Crippen molar-refractivity contribution in [2.45, 2.75) is 50.3 Å². The van der Waals surface area contributed by atoms with Gasteiger partial charge in [0.1, 0.15) is 0 Å². The second kappa shape index (κ2) is 8.33. The monoisotopic (exact) mass is 338 g/mol. The van der Waals surface area contributed by atoms with Crippen LogP contribution in [0.4, 0.5) is 0 Å². The molecule has 0 unspecified atom stereocenters. The summed E-state index contributed by atoms with van der Waals surface area (Å²) in [6, 6.07) is 0. The number of halogens is 1. The molecule has 0 bridgehead atoms. The maximum atomic E-state index is 5.82. The molecule has 0 aromatic heterocycles. The zero-order valence-corrected chi connectivity index (χ0v) is 14.1. The van der Waals surface area contributed by atoms with Gasteiger partial charge in [-0.05, 0) is 12.8 Å². The van der Waals surface area contributed by atoms with Crippen LogP contribution in [-0.4, -0.2) is 5.38 Å². The smallest absolute Gasteiger partial charge is 0.0336 e. The maximum absolute atomic E-state index is 5.82. The number of hydrogen-bond donors (Lipinski definition) is 0. The summed E-state index contributed by atoms with van der Waals surface area (Å²) in [6.45, 7) is 0. The molecule has 0 saturated heterocycles. The van der Waals surface area contributed by atoms with Gasteiger partial charge in [0.25, 0.3) is 0 Å². The Morgan fingerprint density at radius 3 is 1.78 bits per heavy atom. The summed E-state index contributed by atoms with van der Waals surface area (Å²) in [5.41, 5.74) is 0. The summed E-state index contributed by atoms with van der Waals surface area (Å²) in [4.78, 5) is 0. The summed E-state index contributed by atoms with van der Waals surface area (Å²) in [5.74, 6) is 0. The third-order valence-electron chi connectivity index (χ3n) is 3.40. The van der Waals surface area contributed by atoms with Crippen molar-refractivity contribution >= 4 is 11.6 Å². The van der Waals surface area contributed by atoms with Crippen LogP contribution in [0.3, 0.4) is 0 Å². The normalized spacial score (nSPS) is 22.3. The van der Waals surface area contributed by atoms with Crippen molar-refractivity contribution in [3.05, 3.63) is 43.0 Å². The molecule has 0 heterocycles. The zero-order chi connectivity index (χ0) is 12.6. The first-order chi connectivity index (χ1) is 8.84. The summed E-state index contributed by atoms with van der Waals surface area (Å²) in [7, 11) is 0. The molecule has 0 nitrogen and oxygen atoms in total. The van der Waals surface area contributed by atoms with E-state index in [1.54, 1.807) is 6.56 Å². The Bertz CT molecular complexity index is 343. The van der Waals surface area contributed by atoms with E-state index >= 15 is 0 Å². The molecular weight excluding hydrogens is 319 g/mol. The fourth-order valence-corrected chi connectivity index (χ4v) is 5.63. The van der Waals surface area contributed by atoms with Gasteiger partial charge in [-0.3, -0.25) is 0 Å². The van der Waals surface area contributed by atoms with Crippen LogP contribution in [-0.2, 0) is 23.2 Å². The van der Waals surface area contributed by atoms with E-state index in [2.05, 4.69) is 36.5 Å². The molecule has 0 spiro atoms. The van der Waals surface area contributed by atoms with E-state index in [4.69, 9.17) is 11.6 Å². The van der Waals surface area contributed by atoms with Crippen molar-refractivity contribution in [2.75, 3.05) is 0 Å². The quantitative estimate of drug-likeness (QED) is 0.598. The van der Waals surface area contributed by atoms with Crippen LogP contribution in [0.15, 0.2) is 43.0 Å². The Balaban J connectivity index is 0.000000149. The molecule has 0 radical (unpaired) electrons. The van der Waals surface area contributed by atoms with Gasteiger partial charge in [-0.15, -0.1) is 11.6 Å². The molecule has 3 aliphatic rings. The van der Waals surface area contributed by atoms with Crippen LogP contribution in [0.5, 0.6) is 0 Å². The Morgan fingerprint density at radius 1 is 0.889 bits per heavy atom. The van der Waals surface area contributed by atoms with Crippen molar-refractivity contribution in [1.29, 1.82) is 0 Å². The molecule has 0 aromatic rings. The minimum Gasteiger partial charge on any atom is -0.123 e.